The monoisotopic (exact) mass is 246 g/mol. The fourth-order valence-electron chi connectivity index (χ4n) is 1.24. The van der Waals surface area contributed by atoms with Gasteiger partial charge in [0, 0.05) is 6.20 Å². The van der Waals surface area contributed by atoms with E-state index < -0.39 is 17.6 Å². The summed E-state index contributed by atoms with van der Waals surface area (Å²) in [4.78, 5) is 14.4. The lowest BCUT2D eigenvalue weighted by Gasteiger charge is -2.11. The second-order valence-corrected chi connectivity index (χ2v) is 3.75. The molecule has 1 aliphatic carbocycles. The Morgan fingerprint density at radius 2 is 2.12 bits per heavy atom. The molecule has 0 aromatic carbocycles. The van der Waals surface area contributed by atoms with Gasteiger partial charge in [0.1, 0.15) is 0 Å². The third kappa shape index (κ3) is 2.66. The Labute approximate surface area is 94.6 Å². The molecule has 7 heteroatoms. The maximum atomic E-state index is 12.4. The van der Waals surface area contributed by atoms with E-state index in [-0.39, 0.29) is 17.5 Å². The van der Waals surface area contributed by atoms with Crippen molar-refractivity contribution in [3.05, 3.63) is 23.5 Å². The van der Waals surface area contributed by atoms with E-state index in [9.17, 15) is 18.0 Å². The predicted octanol–water partition coefficient (Wildman–Crippen LogP) is 1.74. The number of amides is 1. The van der Waals surface area contributed by atoms with Gasteiger partial charge < -0.3 is 10.5 Å². The number of hydrogen-bond acceptors (Lipinski definition) is 3. The van der Waals surface area contributed by atoms with Gasteiger partial charge in [0.15, 0.2) is 11.4 Å². The van der Waals surface area contributed by atoms with Crippen molar-refractivity contribution in [3.8, 4) is 5.75 Å². The maximum absolute atomic E-state index is 12.4. The van der Waals surface area contributed by atoms with Crippen LogP contribution in [0.1, 0.15) is 28.9 Å². The highest BCUT2D eigenvalue weighted by Gasteiger charge is 2.33. The summed E-state index contributed by atoms with van der Waals surface area (Å²) in [6.07, 6.45) is -2.58. The molecular weight excluding hydrogens is 237 g/mol. The highest BCUT2D eigenvalue weighted by atomic mass is 19.4. The lowest BCUT2D eigenvalue weighted by molar-refractivity contribution is -0.138. The van der Waals surface area contributed by atoms with Crippen LogP contribution in [0.3, 0.4) is 0 Å². The molecule has 2 rings (SSSR count). The minimum atomic E-state index is -4.52. The number of nitrogens with zero attached hydrogens (tertiary/aromatic N) is 1. The van der Waals surface area contributed by atoms with Gasteiger partial charge in [-0.3, -0.25) is 4.79 Å². The third-order valence-corrected chi connectivity index (χ3v) is 2.23. The first kappa shape index (κ1) is 11.7. The first-order valence-corrected chi connectivity index (χ1v) is 4.91. The molecule has 0 radical (unpaired) electrons. The molecule has 1 aromatic heterocycles. The molecule has 1 fully saturated rings. The number of alkyl halides is 3. The molecule has 0 saturated heterocycles. The molecule has 0 atom stereocenters. The molecular formula is C10H9F3N2O2. The first-order chi connectivity index (χ1) is 7.88. The van der Waals surface area contributed by atoms with Crippen LogP contribution < -0.4 is 10.5 Å². The lowest BCUT2D eigenvalue weighted by atomic mass is 10.2. The van der Waals surface area contributed by atoms with Gasteiger partial charge >= 0.3 is 6.18 Å². The number of hydrogen-bond donors (Lipinski definition) is 1. The van der Waals surface area contributed by atoms with E-state index in [1.54, 1.807) is 0 Å². The Morgan fingerprint density at radius 1 is 1.47 bits per heavy atom. The highest BCUT2D eigenvalue weighted by molar-refractivity contribution is 5.93. The lowest BCUT2D eigenvalue weighted by Crippen LogP contribution is -2.17. The van der Waals surface area contributed by atoms with Crippen molar-refractivity contribution in [2.75, 3.05) is 0 Å². The average Bonchev–Trinajstić information content (AvgIpc) is 2.99. The molecule has 4 nitrogen and oxygen atoms in total. The third-order valence-electron chi connectivity index (χ3n) is 2.23. The van der Waals surface area contributed by atoms with Gasteiger partial charge in [-0.15, -0.1) is 0 Å². The minimum Gasteiger partial charge on any atom is -0.488 e. The Balaban J connectivity index is 2.38. The molecule has 0 unspecified atom stereocenters. The SMILES string of the molecule is NC(=O)c1ncc(C(F)(F)F)cc1OC1CC1. The number of carbonyl (C=O) groups excluding carboxylic acids is 1. The summed E-state index contributed by atoms with van der Waals surface area (Å²) in [6.45, 7) is 0. The Kier molecular flexibility index (Phi) is 2.68. The standard InChI is InChI=1S/C10H9F3N2O2/c11-10(12,13)5-3-7(17-6-1-2-6)8(9(14)16)15-4-5/h3-4,6H,1-2H2,(H2,14,16). The van der Waals surface area contributed by atoms with Crippen molar-refractivity contribution in [1.82, 2.24) is 4.98 Å². The molecule has 17 heavy (non-hydrogen) atoms. The number of pyridine rings is 1. The van der Waals surface area contributed by atoms with Crippen molar-refractivity contribution in [2.24, 2.45) is 5.73 Å². The molecule has 1 aromatic rings. The molecule has 0 spiro atoms. The Morgan fingerprint density at radius 3 is 2.59 bits per heavy atom. The van der Waals surface area contributed by atoms with E-state index >= 15 is 0 Å². The van der Waals surface area contributed by atoms with Crippen LogP contribution in [-0.4, -0.2) is 17.0 Å². The van der Waals surface area contributed by atoms with Crippen LogP contribution in [0.5, 0.6) is 5.75 Å². The van der Waals surface area contributed by atoms with Crippen LogP contribution in [-0.2, 0) is 6.18 Å². The Hall–Kier alpha value is -1.79. The van der Waals surface area contributed by atoms with Crippen LogP contribution >= 0.6 is 0 Å². The topological polar surface area (TPSA) is 65.2 Å². The quantitative estimate of drug-likeness (QED) is 0.883. The Bertz CT molecular complexity index is 455. The summed E-state index contributed by atoms with van der Waals surface area (Å²) in [5.74, 6) is -1.11. The summed E-state index contributed by atoms with van der Waals surface area (Å²) < 4.78 is 42.5. The zero-order valence-electron chi connectivity index (χ0n) is 8.62. The predicted molar refractivity (Wildman–Crippen MR) is 51.4 cm³/mol. The van der Waals surface area contributed by atoms with E-state index in [2.05, 4.69) is 4.98 Å². The molecule has 1 aliphatic rings. The largest absolute Gasteiger partial charge is 0.488 e. The molecule has 1 amide bonds. The van der Waals surface area contributed by atoms with Gasteiger partial charge in [-0.1, -0.05) is 0 Å². The van der Waals surface area contributed by atoms with Crippen LogP contribution in [0.15, 0.2) is 12.3 Å². The summed E-state index contributed by atoms with van der Waals surface area (Å²) >= 11 is 0. The zero-order chi connectivity index (χ0) is 12.6. The van der Waals surface area contributed by atoms with Crippen molar-refractivity contribution in [3.63, 3.8) is 0 Å². The van der Waals surface area contributed by atoms with E-state index in [0.717, 1.165) is 18.9 Å². The summed E-state index contributed by atoms with van der Waals surface area (Å²) in [6, 6.07) is 0.755. The fraction of sp³-hybridized carbons (Fsp3) is 0.400. The number of aromatic nitrogens is 1. The van der Waals surface area contributed by atoms with Gasteiger partial charge in [0.25, 0.3) is 5.91 Å². The molecule has 0 bridgehead atoms. The number of rotatable bonds is 3. The number of carbonyl (C=O) groups is 1. The van der Waals surface area contributed by atoms with Crippen LogP contribution in [0.2, 0.25) is 0 Å². The van der Waals surface area contributed by atoms with E-state index in [0.29, 0.717) is 6.20 Å². The first-order valence-electron chi connectivity index (χ1n) is 4.91. The average molecular weight is 246 g/mol. The van der Waals surface area contributed by atoms with Crippen molar-refractivity contribution in [1.29, 1.82) is 0 Å². The van der Waals surface area contributed by atoms with Gasteiger partial charge in [0.2, 0.25) is 0 Å². The molecule has 0 aliphatic heterocycles. The molecule has 92 valence electrons. The number of nitrogens with two attached hydrogens (primary N) is 1. The van der Waals surface area contributed by atoms with Gasteiger partial charge in [-0.25, -0.2) is 4.98 Å². The van der Waals surface area contributed by atoms with E-state index in [1.165, 1.54) is 0 Å². The smallest absolute Gasteiger partial charge is 0.418 e. The highest BCUT2D eigenvalue weighted by Crippen LogP contribution is 2.34. The van der Waals surface area contributed by atoms with E-state index in [4.69, 9.17) is 10.5 Å². The second kappa shape index (κ2) is 3.90. The van der Waals surface area contributed by atoms with E-state index in [1.807, 2.05) is 0 Å². The zero-order valence-corrected chi connectivity index (χ0v) is 8.62. The van der Waals surface area contributed by atoms with Crippen LogP contribution in [0.25, 0.3) is 0 Å². The summed E-state index contributed by atoms with van der Waals surface area (Å²) in [7, 11) is 0. The van der Waals surface area contributed by atoms with Crippen molar-refractivity contribution >= 4 is 5.91 Å². The number of ether oxygens (including phenoxy) is 1. The maximum Gasteiger partial charge on any atom is 0.418 e. The van der Waals surface area contributed by atoms with Crippen molar-refractivity contribution < 1.29 is 22.7 Å². The normalized spacial score (nSPS) is 15.7. The van der Waals surface area contributed by atoms with Gasteiger partial charge in [-0.2, -0.15) is 13.2 Å². The summed E-state index contributed by atoms with van der Waals surface area (Å²) in [5.41, 5.74) is 3.77. The summed E-state index contributed by atoms with van der Waals surface area (Å²) in [5, 5.41) is 0. The van der Waals surface area contributed by atoms with Crippen LogP contribution in [0, 0.1) is 0 Å². The second-order valence-electron chi connectivity index (χ2n) is 3.75. The molecule has 1 saturated carbocycles. The minimum absolute atomic E-state index is 0.140. The molecule has 1 heterocycles. The molecule has 2 N–H and O–H groups in total. The van der Waals surface area contributed by atoms with Gasteiger partial charge in [0.05, 0.1) is 11.7 Å². The van der Waals surface area contributed by atoms with Crippen molar-refractivity contribution in [2.45, 2.75) is 25.1 Å². The fourth-order valence-corrected chi connectivity index (χ4v) is 1.24. The van der Waals surface area contributed by atoms with Gasteiger partial charge in [-0.05, 0) is 18.9 Å². The van der Waals surface area contributed by atoms with Crippen LogP contribution in [0.4, 0.5) is 13.2 Å². The number of halogens is 3. The number of primary amides is 1.